The number of aromatic nitrogens is 2. The van der Waals surface area contributed by atoms with Crippen molar-refractivity contribution in [1.82, 2.24) is 15.1 Å². The number of H-pyrrole nitrogens is 1. The highest BCUT2D eigenvalue weighted by Crippen LogP contribution is 2.23. The van der Waals surface area contributed by atoms with Gasteiger partial charge < -0.3 is 9.64 Å². The Morgan fingerprint density at radius 3 is 2.71 bits per heavy atom. The number of aromatic amines is 1. The van der Waals surface area contributed by atoms with Crippen molar-refractivity contribution in [2.75, 3.05) is 19.8 Å². The van der Waals surface area contributed by atoms with Crippen LogP contribution >= 0.6 is 0 Å². The maximum absolute atomic E-state index is 12.5. The number of hydrogen-bond donors (Lipinski definition) is 1. The number of nitrogens with zero attached hydrogens (tertiary/aromatic N) is 2. The minimum Gasteiger partial charge on any atom is -0.377 e. The van der Waals surface area contributed by atoms with Crippen LogP contribution in [0.3, 0.4) is 0 Å². The summed E-state index contributed by atoms with van der Waals surface area (Å²) in [4.78, 5) is 14.4. The van der Waals surface area contributed by atoms with Crippen molar-refractivity contribution in [3.8, 4) is 0 Å². The maximum Gasteiger partial charge on any atom is 0.258 e. The summed E-state index contributed by atoms with van der Waals surface area (Å²) >= 11 is 0. The molecule has 1 N–H and O–H groups in total. The number of hydrogen-bond acceptors (Lipinski definition) is 3. The van der Waals surface area contributed by atoms with Crippen LogP contribution in [0.1, 0.15) is 35.6 Å². The zero-order valence-corrected chi connectivity index (χ0v) is 10.8. The molecule has 1 aromatic rings. The average Bonchev–Trinajstić information content (AvgIpc) is 2.57. The van der Waals surface area contributed by atoms with Gasteiger partial charge in [0, 0.05) is 12.2 Å². The van der Waals surface area contributed by atoms with Gasteiger partial charge in [-0.1, -0.05) is 0 Å². The standard InChI is InChI=1S/C12H19N3O2/c1-8-10(9(2)14-13-8)11(16)15-5-6-17-7-12(15,3)4/h5-7H2,1-4H3,(H,13,14). The lowest BCUT2D eigenvalue weighted by Gasteiger charge is -2.42. The van der Waals surface area contributed by atoms with Gasteiger partial charge in [-0.05, 0) is 27.7 Å². The molecule has 1 aromatic heterocycles. The Labute approximate surface area is 101 Å². The molecular weight excluding hydrogens is 218 g/mol. The van der Waals surface area contributed by atoms with Gasteiger partial charge in [-0.3, -0.25) is 9.89 Å². The monoisotopic (exact) mass is 237 g/mol. The lowest BCUT2D eigenvalue weighted by Crippen LogP contribution is -2.55. The lowest BCUT2D eigenvalue weighted by molar-refractivity contribution is -0.0371. The Balaban J connectivity index is 2.31. The van der Waals surface area contributed by atoms with Crippen molar-refractivity contribution in [2.45, 2.75) is 33.2 Å². The Morgan fingerprint density at radius 2 is 2.18 bits per heavy atom. The zero-order chi connectivity index (χ0) is 12.6. The first kappa shape index (κ1) is 12.1. The summed E-state index contributed by atoms with van der Waals surface area (Å²) < 4.78 is 5.43. The molecule has 0 saturated carbocycles. The molecule has 0 unspecified atom stereocenters. The number of amides is 1. The third kappa shape index (κ3) is 2.07. The molecule has 5 nitrogen and oxygen atoms in total. The van der Waals surface area contributed by atoms with Crippen LogP contribution in [0.2, 0.25) is 0 Å². The van der Waals surface area contributed by atoms with Gasteiger partial charge in [-0.2, -0.15) is 5.10 Å². The van der Waals surface area contributed by atoms with E-state index in [-0.39, 0.29) is 11.4 Å². The van der Waals surface area contributed by atoms with Gasteiger partial charge >= 0.3 is 0 Å². The van der Waals surface area contributed by atoms with Crippen LogP contribution in [0.25, 0.3) is 0 Å². The molecule has 0 spiro atoms. The summed E-state index contributed by atoms with van der Waals surface area (Å²) in [6, 6.07) is 0. The van der Waals surface area contributed by atoms with E-state index in [4.69, 9.17) is 4.74 Å². The SMILES string of the molecule is Cc1n[nH]c(C)c1C(=O)N1CCOCC1(C)C. The molecule has 1 aliphatic rings. The van der Waals surface area contributed by atoms with E-state index >= 15 is 0 Å². The molecule has 5 heteroatoms. The molecule has 0 aliphatic carbocycles. The van der Waals surface area contributed by atoms with E-state index in [0.29, 0.717) is 25.3 Å². The number of carbonyl (C=O) groups excluding carboxylic acids is 1. The molecule has 1 aliphatic heterocycles. The van der Waals surface area contributed by atoms with E-state index in [1.807, 2.05) is 32.6 Å². The summed E-state index contributed by atoms with van der Waals surface area (Å²) in [7, 11) is 0. The number of aryl methyl sites for hydroxylation is 2. The maximum atomic E-state index is 12.5. The van der Waals surface area contributed by atoms with E-state index in [0.717, 1.165) is 11.4 Å². The van der Waals surface area contributed by atoms with Crippen LogP contribution in [0.15, 0.2) is 0 Å². The van der Waals surface area contributed by atoms with Crippen molar-refractivity contribution < 1.29 is 9.53 Å². The number of ether oxygens (including phenoxy) is 1. The van der Waals surface area contributed by atoms with E-state index < -0.39 is 0 Å². The molecule has 17 heavy (non-hydrogen) atoms. The van der Waals surface area contributed by atoms with E-state index in [9.17, 15) is 4.79 Å². The molecular formula is C12H19N3O2. The molecule has 2 heterocycles. The van der Waals surface area contributed by atoms with Crippen LogP contribution in [0.4, 0.5) is 0 Å². The van der Waals surface area contributed by atoms with Crippen LogP contribution in [0.5, 0.6) is 0 Å². The second-order valence-corrected chi connectivity index (χ2v) is 5.13. The summed E-state index contributed by atoms with van der Waals surface area (Å²) in [5.74, 6) is 0.0436. The van der Waals surface area contributed by atoms with Crippen LogP contribution < -0.4 is 0 Å². The number of rotatable bonds is 1. The van der Waals surface area contributed by atoms with Gasteiger partial charge in [-0.25, -0.2) is 0 Å². The second-order valence-electron chi connectivity index (χ2n) is 5.13. The predicted octanol–water partition coefficient (Wildman–Crippen LogP) is 1.28. The Morgan fingerprint density at radius 1 is 1.47 bits per heavy atom. The molecule has 0 aromatic carbocycles. The molecule has 1 fully saturated rings. The van der Waals surface area contributed by atoms with E-state index in [1.165, 1.54) is 0 Å². The molecule has 1 amide bonds. The summed E-state index contributed by atoms with van der Waals surface area (Å²) in [5.41, 5.74) is 2.02. The third-order valence-electron chi connectivity index (χ3n) is 3.23. The van der Waals surface area contributed by atoms with Crippen LogP contribution in [-0.4, -0.2) is 46.3 Å². The quantitative estimate of drug-likeness (QED) is 0.800. The Hall–Kier alpha value is -1.36. The highest BCUT2D eigenvalue weighted by molar-refractivity contribution is 5.96. The number of carbonyl (C=O) groups is 1. The second kappa shape index (κ2) is 4.14. The minimum absolute atomic E-state index is 0.0436. The fourth-order valence-electron chi connectivity index (χ4n) is 2.24. The van der Waals surface area contributed by atoms with E-state index in [1.54, 1.807) is 0 Å². The van der Waals surface area contributed by atoms with Crippen LogP contribution in [-0.2, 0) is 4.74 Å². The molecule has 0 bridgehead atoms. The Kier molecular flexibility index (Phi) is 2.95. The molecule has 0 atom stereocenters. The largest absolute Gasteiger partial charge is 0.377 e. The third-order valence-corrected chi connectivity index (χ3v) is 3.23. The fraction of sp³-hybridized carbons (Fsp3) is 0.667. The van der Waals surface area contributed by atoms with Crippen molar-refractivity contribution in [1.29, 1.82) is 0 Å². The van der Waals surface area contributed by atoms with E-state index in [2.05, 4.69) is 10.2 Å². The Bertz CT molecular complexity index is 417. The fourth-order valence-corrected chi connectivity index (χ4v) is 2.24. The molecule has 2 rings (SSSR count). The van der Waals surface area contributed by atoms with Crippen LogP contribution in [0, 0.1) is 13.8 Å². The van der Waals surface area contributed by atoms with Gasteiger partial charge in [0.2, 0.25) is 0 Å². The summed E-state index contributed by atoms with van der Waals surface area (Å²) in [5, 5.41) is 6.93. The highest BCUT2D eigenvalue weighted by Gasteiger charge is 2.36. The van der Waals surface area contributed by atoms with Crippen molar-refractivity contribution in [2.24, 2.45) is 0 Å². The zero-order valence-electron chi connectivity index (χ0n) is 10.8. The number of nitrogens with one attached hydrogen (secondary N) is 1. The molecule has 1 saturated heterocycles. The highest BCUT2D eigenvalue weighted by atomic mass is 16.5. The smallest absolute Gasteiger partial charge is 0.258 e. The first-order valence-electron chi connectivity index (χ1n) is 5.85. The molecule has 94 valence electrons. The van der Waals surface area contributed by atoms with Crippen molar-refractivity contribution >= 4 is 5.91 Å². The molecule has 0 radical (unpaired) electrons. The van der Waals surface area contributed by atoms with Crippen molar-refractivity contribution in [3.63, 3.8) is 0 Å². The van der Waals surface area contributed by atoms with Gasteiger partial charge in [-0.15, -0.1) is 0 Å². The number of morpholine rings is 1. The van der Waals surface area contributed by atoms with Gasteiger partial charge in [0.05, 0.1) is 30.0 Å². The minimum atomic E-state index is -0.258. The summed E-state index contributed by atoms with van der Waals surface area (Å²) in [6.45, 7) is 9.59. The first-order valence-corrected chi connectivity index (χ1v) is 5.85. The lowest BCUT2D eigenvalue weighted by atomic mass is 10.0. The van der Waals surface area contributed by atoms with Gasteiger partial charge in [0.25, 0.3) is 5.91 Å². The predicted molar refractivity (Wildman–Crippen MR) is 64.0 cm³/mol. The topological polar surface area (TPSA) is 58.2 Å². The average molecular weight is 237 g/mol. The summed E-state index contributed by atoms with van der Waals surface area (Å²) in [6.07, 6.45) is 0. The normalized spacial score (nSPS) is 19.4. The van der Waals surface area contributed by atoms with Gasteiger partial charge in [0.15, 0.2) is 0 Å². The van der Waals surface area contributed by atoms with Crippen molar-refractivity contribution in [3.05, 3.63) is 17.0 Å². The van der Waals surface area contributed by atoms with Gasteiger partial charge in [0.1, 0.15) is 0 Å². The first-order chi connectivity index (χ1) is 7.93.